The predicted octanol–water partition coefficient (Wildman–Crippen LogP) is 0.284. The number of hydrogen-bond donors (Lipinski definition) is 1. The first-order valence-electron chi connectivity index (χ1n) is 4.61. The highest BCUT2D eigenvalue weighted by molar-refractivity contribution is 7.99. The normalized spacial score (nSPS) is 10.4. The zero-order valence-corrected chi connectivity index (χ0v) is 9.31. The summed E-state index contributed by atoms with van der Waals surface area (Å²) in [6.07, 6.45) is 0. The molecular formula is C10H7N2O4S-. The second-order valence-corrected chi connectivity index (χ2v) is 4.01. The maximum Gasteiger partial charge on any atom is 0.277 e. The lowest BCUT2D eigenvalue weighted by Gasteiger charge is -1.96. The molecule has 7 heteroatoms. The Hall–Kier alpha value is -2.02. The van der Waals surface area contributed by atoms with Crippen LogP contribution in [0.3, 0.4) is 0 Å². The van der Waals surface area contributed by atoms with Crippen LogP contribution in [-0.4, -0.2) is 27.0 Å². The lowest BCUT2D eigenvalue weighted by Crippen LogP contribution is -2.24. The smallest absolute Gasteiger partial charge is 0.277 e. The van der Waals surface area contributed by atoms with Crippen LogP contribution in [0.25, 0.3) is 11.5 Å². The molecule has 0 aliphatic heterocycles. The first-order chi connectivity index (χ1) is 8.15. The number of aromatic hydroxyl groups is 1. The summed E-state index contributed by atoms with van der Waals surface area (Å²) in [6.45, 7) is 0. The quantitative estimate of drug-likeness (QED) is 0.779. The van der Waals surface area contributed by atoms with Gasteiger partial charge in [0.05, 0.1) is 5.97 Å². The molecule has 1 heterocycles. The maximum absolute atomic E-state index is 10.2. The number of phenolic OH excluding ortho intramolecular Hbond substituents is 1. The van der Waals surface area contributed by atoms with Gasteiger partial charge in [0, 0.05) is 11.3 Å². The molecule has 2 aromatic rings. The monoisotopic (exact) mass is 251 g/mol. The molecule has 0 aliphatic carbocycles. The number of carbonyl (C=O) groups excluding carboxylic acids is 1. The van der Waals surface area contributed by atoms with E-state index in [2.05, 4.69) is 10.2 Å². The number of carboxylic acids is 1. The molecule has 88 valence electrons. The number of phenols is 1. The number of carboxylic acid groups (broad SMARTS) is 1. The Kier molecular flexibility index (Phi) is 3.29. The molecule has 2 rings (SSSR count). The van der Waals surface area contributed by atoms with Crippen molar-refractivity contribution in [1.82, 2.24) is 10.2 Å². The van der Waals surface area contributed by atoms with E-state index >= 15 is 0 Å². The Bertz CT molecular complexity index is 523. The van der Waals surface area contributed by atoms with E-state index in [1.807, 2.05) is 0 Å². The van der Waals surface area contributed by atoms with Crippen molar-refractivity contribution in [3.63, 3.8) is 0 Å². The van der Waals surface area contributed by atoms with Crippen LogP contribution in [0.4, 0.5) is 0 Å². The highest BCUT2D eigenvalue weighted by atomic mass is 32.2. The summed E-state index contributed by atoms with van der Waals surface area (Å²) < 4.78 is 5.23. The second kappa shape index (κ2) is 4.88. The van der Waals surface area contributed by atoms with Gasteiger partial charge in [0.1, 0.15) is 5.75 Å². The Labute approximate surface area is 100 Å². The molecule has 1 N–H and O–H groups in total. The molecule has 0 spiro atoms. The van der Waals surface area contributed by atoms with Crippen LogP contribution in [0, 0.1) is 0 Å². The van der Waals surface area contributed by atoms with Gasteiger partial charge in [0.15, 0.2) is 0 Å². The third-order valence-electron chi connectivity index (χ3n) is 1.83. The molecule has 0 bridgehead atoms. The maximum atomic E-state index is 10.2. The van der Waals surface area contributed by atoms with E-state index in [1.54, 1.807) is 12.1 Å². The van der Waals surface area contributed by atoms with Gasteiger partial charge in [0.25, 0.3) is 5.22 Å². The average molecular weight is 251 g/mol. The van der Waals surface area contributed by atoms with E-state index in [9.17, 15) is 9.90 Å². The van der Waals surface area contributed by atoms with Gasteiger partial charge in [-0.1, -0.05) is 11.8 Å². The van der Waals surface area contributed by atoms with Crippen LogP contribution in [0.15, 0.2) is 33.9 Å². The van der Waals surface area contributed by atoms with Gasteiger partial charge in [-0.25, -0.2) is 0 Å². The Morgan fingerprint density at radius 3 is 2.71 bits per heavy atom. The van der Waals surface area contributed by atoms with Crippen molar-refractivity contribution in [3.8, 4) is 17.2 Å². The molecule has 0 aliphatic rings. The van der Waals surface area contributed by atoms with Crippen LogP contribution in [-0.2, 0) is 4.79 Å². The minimum Gasteiger partial charge on any atom is -0.549 e. The molecule has 1 aromatic heterocycles. The van der Waals surface area contributed by atoms with E-state index in [0.717, 1.165) is 11.8 Å². The Morgan fingerprint density at radius 2 is 2.06 bits per heavy atom. The van der Waals surface area contributed by atoms with Crippen molar-refractivity contribution >= 4 is 17.7 Å². The standard InChI is InChI=1S/C10H8N2O4S/c13-7-3-1-6(2-4-7)9-11-12-10(16-9)17-5-8(14)15/h1-4,13H,5H2,(H,14,15)/p-1. The molecule has 1 aromatic carbocycles. The van der Waals surface area contributed by atoms with E-state index in [4.69, 9.17) is 9.52 Å². The SMILES string of the molecule is O=C([O-])CSc1nnc(-c2ccc(O)cc2)o1. The molecular weight excluding hydrogens is 244 g/mol. The minimum absolute atomic E-state index is 0.139. The van der Waals surface area contributed by atoms with Crippen LogP contribution in [0.2, 0.25) is 0 Å². The highest BCUT2D eigenvalue weighted by Gasteiger charge is 2.08. The van der Waals surface area contributed by atoms with Crippen molar-refractivity contribution in [2.75, 3.05) is 5.75 Å². The summed E-state index contributed by atoms with van der Waals surface area (Å²) in [6, 6.07) is 6.23. The van der Waals surface area contributed by atoms with Crippen LogP contribution in [0.1, 0.15) is 0 Å². The van der Waals surface area contributed by atoms with Gasteiger partial charge < -0.3 is 19.4 Å². The average Bonchev–Trinajstić information content (AvgIpc) is 2.76. The van der Waals surface area contributed by atoms with Crippen LogP contribution < -0.4 is 5.11 Å². The fraction of sp³-hybridized carbons (Fsp3) is 0.100. The number of hydrogen-bond acceptors (Lipinski definition) is 7. The fourth-order valence-corrected chi connectivity index (χ4v) is 1.59. The van der Waals surface area contributed by atoms with Crippen LogP contribution in [0.5, 0.6) is 5.75 Å². The summed E-state index contributed by atoms with van der Waals surface area (Å²) in [7, 11) is 0. The number of nitrogens with zero attached hydrogens (tertiary/aromatic N) is 2. The molecule has 0 unspecified atom stereocenters. The van der Waals surface area contributed by atoms with Crippen molar-refractivity contribution in [2.24, 2.45) is 0 Å². The predicted molar refractivity (Wildman–Crippen MR) is 57.1 cm³/mol. The first-order valence-corrected chi connectivity index (χ1v) is 5.59. The van der Waals surface area contributed by atoms with Gasteiger partial charge in [-0.15, -0.1) is 10.2 Å². The van der Waals surface area contributed by atoms with Gasteiger partial charge in [-0.2, -0.15) is 0 Å². The summed E-state index contributed by atoms with van der Waals surface area (Å²) in [5.74, 6) is -1.03. The summed E-state index contributed by atoms with van der Waals surface area (Å²) in [5, 5.41) is 27.0. The second-order valence-electron chi connectivity index (χ2n) is 3.08. The largest absolute Gasteiger partial charge is 0.549 e. The van der Waals surface area contributed by atoms with Gasteiger partial charge in [-0.05, 0) is 24.3 Å². The highest BCUT2D eigenvalue weighted by Crippen LogP contribution is 2.24. The van der Waals surface area contributed by atoms with Gasteiger partial charge >= 0.3 is 0 Å². The molecule has 17 heavy (non-hydrogen) atoms. The van der Waals surface area contributed by atoms with Crippen LogP contribution >= 0.6 is 11.8 Å². The minimum atomic E-state index is -1.20. The third kappa shape index (κ3) is 2.97. The number of aliphatic carboxylic acids is 1. The fourth-order valence-electron chi connectivity index (χ4n) is 1.11. The number of aromatic nitrogens is 2. The summed E-state index contributed by atoms with van der Waals surface area (Å²) in [5.41, 5.74) is 0.649. The van der Waals surface area contributed by atoms with Crippen molar-refractivity contribution in [1.29, 1.82) is 0 Å². The molecule has 0 saturated carbocycles. The van der Waals surface area contributed by atoms with E-state index in [0.29, 0.717) is 5.56 Å². The van der Waals surface area contributed by atoms with Gasteiger partial charge in [-0.3, -0.25) is 0 Å². The molecule has 0 amide bonds. The number of benzene rings is 1. The topological polar surface area (TPSA) is 99.3 Å². The zero-order valence-electron chi connectivity index (χ0n) is 8.49. The van der Waals surface area contributed by atoms with Crippen molar-refractivity contribution < 1.29 is 19.4 Å². The molecule has 0 radical (unpaired) electrons. The first kappa shape index (κ1) is 11.5. The lowest BCUT2D eigenvalue weighted by molar-refractivity contribution is -0.301. The molecule has 0 atom stereocenters. The van der Waals surface area contributed by atoms with Gasteiger partial charge in [0.2, 0.25) is 5.89 Å². The number of thioether (sulfide) groups is 1. The lowest BCUT2D eigenvalue weighted by atomic mass is 10.2. The third-order valence-corrected chi connectivity index (χ3v) is 2.63. The number of rotatable bonds is 4. The molecule has 0 saturated heterocycles. The Balaban J connectivity index is 2.12. The summed E-state index contributed by atoms with van der Waals surface area (Å²) >= 11 is 0.895. The van der Waals surface area contributed by atoms with E-state index in [1.165, 1.54) is 12.1 Å². The van der Waals surface area contributed by atoms with E-state index < -0.39 is 5.97 Å². The van der Waals surface area contributed by atoms with Crippen molar-refractivity contribution in [3.05, 3.63) is 24.3 Å². The molecule has 6 nitrogen and oxygen atoms in total. The zero-order chi connectivity index (χ0) is 12.3. The summed E-state index contributed by atoms with van der Waals surface area (Å²) in [4.78, 5) is 10.2. The molecule has 0 fully saturated rings. The van der Waals surface area contributed by atoms with Crippen molar-refractivity contribution in [2.45, 2.75) is 5.22 Å². The number of carbonyl (C=O) groups is 1. The Morgan fingerprint density at radius 1 is 1.35 bits per heavy atom. The van der Waals surface area contributed by atoms with E-state index in [-0.39, 0.29) is 22.6 Å².